The highest BCUT2D eigenvalue weighted by molar-refractivity contribution is 7.99. The van der Waals surface area contributed by atoms with Gasteiger partial charge in [-0.3, -0.25) is 4.79 Å². The normalized spacial score (nSPS) is 10.8. The summed E-state index contributed by atoms with van der Waals surface area (Å²) in [6, 6.07) is 9.58. The fraction of sp³-hybridized carbons (Fsp3) is 0.357. The summed E-state index contributed by atoms with van der Waals surface area (Å²) < 4.78 is 1.41. The smallest absolute Gasteiger partial charge is 0.230 e. The van der Waals surface area contributed by atoms with Crippen LogP contribution in [0, 0.1) is 5.92 Å². The minimum Gasteiger partial charge on any atom is -0.355 e. The third-order valence-corrected chi connectivity index (χ3v) is 3.68. The topological polar surface area (TPSA) is 85.8 Å². The van der Waals surface area contributed by atoms with Gasteiger partial charge in [-0.15, -0.1) is 10.2 Å². The van der Waals surface area contributed by atoms with Crippen LogP contribution in [0.3, 0.4) is 0 Å². The third-order valence-electron chi connectivity index (χ3n) is 2.74. The largest absolute Gasteiger partial charge is 0.355 e. The first-order chi connectivity index (χ1) is 10.1. The van der Waals surface area contributed by atoms with E-state index in [0.29, 0.717) is 23.4 Å². The standard InChI is InChI=1S/C14H19N5OS/c1-10(2)8-16-12(20)9-21-14-18-17-13(19(14)15)11-6-4-3-5-7-11/h3-7,10H,8-9,15H2,1-2H3,(H,16,20). The molecule has 1 amide bonds. The second-order valence-corrected chi connectivity index (χ2v) is 5.97. The number of thioether (sulfide) groups is 1. The number of nitrogens with one attached hydrogen (secondary N) is 1. The van der Waals surface area contributed by atoms with Crippen molar-refractivity contribution in [3.05, 3.63) is 30.3 Å². The zero-order valence-corrected chi connectivity index (χ0v) is 12.9. The summed E-state index contributed by atoms with van der Waals surface area (Å²) >= 11 is 1.27. The van der Waals surface area contributed by atoms with Crippen LogP contribution in [0.2, 0.25) is 0 Å². The van der Waals surface area contributed by atoms with E-state index >= 15 is 0 Å². The minimum atomic E-state index is -0.0297. The number of carbonyl (C=O) groups is 1. The van der Waals surface area contributed by atoms with E-state index < -0.39 is 0 Å². The van der Waals surface area contributed by atoms with E-state index in [1.807, 2.05) is 30.3 Å². The Morgan fingerprint density at radius 3 is 2.71 bits per heavy atom. The number of nitrogens with zero attached hydrogens (tertiary/aromatic N) is 3. The van der Waals surface area contributed by atoms with Gasteiger partial charge >= 0.3 is 0 Å². The predicted molar refractivity (Wildman–Crippen MR) is 84.2 cm³/mol. The SMILES string of the molecule is CC(C)CNC(=O)CSc1nnc(-c2ccccc2)n1N. The second kappa shape index (κ2) is 7.12. The molecule has 0 aliphatic heterocycles. The van der Waals surface area contributed by atoms with Gasteiger partial charge in [-0.05, 0) is 5.92 Å². The van der Waals surface area contributed by atoms with Crippen LogP contribution in [0.5, 0.6) is 0 Å². The fourth-order valence-corrected chi connectivity index (χ4v) is 2.35. The highest BCUT2D eigenvalue weighted by Gasteiger charge is 2.13. The van der Waals surface area contributed by atoms with Crippen molar-refractivity contribution in [2.75, 3.05) is 18.1 Å². The van der Waals surface area contributed by atoms with Gasteiger partial charge in [0.2, 0.25) is 11.1 Å². The van der Waals surface area contributed by atoms with Gasteiger partial charge in [0.1, 0.15) is 0 Å². The maximum absolute atomic E-state index is 11.7. The lowest BCUT2D eigenvalue weighted by atomic mass is 10.2. The van der Waals surface area contributed by atoms with Gasteiger partial charge in [0.15, 0.2) is 5.82 Å². The van der Waals surface area contributed by atoms with Crippen LogP contribution in [-0.2, 0) is 4.79 Å². The van der Waals surface area contributed by atoms with Crippen molar-refractivity contribution in [3.63, 3.8) is 0 Å². The number of hydrogen-bond acceptors (Lipinski definition) is 5. The van der Waals surface area contributed by atoms with Gasteiger partial charge in [-0.2, -0.15) is 0 Å². The van der Waals surface area contributed by atoms with Crippen LogP contribution in [0.15, 0.2) is 35.5 Å². The van der Waals surface area contributed by atoms with E-state index in [1.54, 1.807) is 0 Å². The molecule has 0 bridgehead atoms. The summed E-state index contributed by atoms with van der Waals surface area (Å²) in [7, 11) is 0. The van der Waals surface area contributed by atoms with Crippen molar-refractivity contribution in [2.45, 2.75) is 19.0 Å². The van der Waals surface area contributed by atoms with Gasteiger partial charge in [-0.1, -0.05) is 55.9 Å². The molecule has 0 saturated carbocycles. The van der Waals surface area contributed by atoms with E-state index in [-0.39, 0.29) is 11.7 Å². The molecule has 3 N–H and O–H groups in total. The van der Waals surface area contributed by atoms with Crippen molar-refractivity contribution in [2.24, 2.45) is 5.92 Å². The molecule has 2 rings (SSSR count). The predicted octanol–water partition coefficient (Wildman–Crippen LogP) is 1.52. The van der Waals surface area contributed by atoms with Gasteiger partial charge in [-0.25, -0.2) is 4.68 Å². The molecule has 21 heavy (non-hydrogen) atoms. The van der Waals surface area contributed by atoms with E-state index in [9.17, 15) is 4.79 Å². The average Bonchev–Trinajstić information content (AvgIpc) is 2.85. The molecule has 0 saturated heterocycles. The molecule has 0 aliphatic carbocycles. The highest BCUT2D eigenvalue weighted by atomic mass is 32.2. The van der Waals surface area contributed by atoms with Crippen molar-refractivity contribution >= 4 is 17.7 Å². The Bertz CT molecular complexity index is 597. The van der Waals surface area contributed by atoms with Crippen LogP contribution in [0.4, 0.5) is 0 Å². The zero-order valence-electron chi connectivity index (χ0n) is 12.1. The summed E-state index contributed by atoms with van der Waals surface area (Å²) in [6.07, 6.45) is 0. The number of benzene rings is 1. The number of amides is 1. The van der Waals surface area contributed by atoms with E-state index in [4.69, 9.17) is 5.84 Å². The summed E-state index contributed by atoms with van der Waals surface area (Å²) in [4.78, 5) is 11.7. The number of hydrogen-bond donors (Lipinski definition) is 2. The zero-order chi connectivity index (χ0) is 15.2. The number of carbonyl (C=O) groups excluding carboxylic acids is 1. The molecule has 0 unspecified atom stereocenters. The molecule has 1 aromatic heterocycles. The van der Waals surface area contributed by atoms with Crippen LogP contribution in [-0.4, -0.2) is 33.1 Å². The van der Waals surface area contributed by atoms with E-state index in [0.717, 1.165) is 5.56 Å². The lowest BCUT2D eigenvalue weighted by Crippen LogP contribution is -2.29. The molecule has 7 heteroatoms. The van der Waals surface area contributed by atoms with Crippen molar-refractivity contribution in [1.82, 2.24) is 20.2 Å². The van der Waals surface area contributed by atoms with Crippen LogP contribution in [0.25, 0.3) is 11.4 Å². The Labute approximate surface area is 128 Å². The molecule has 0 atom stereocenters. The Kier molecular flexibility index (Phi) is 5.21. The highest BCUT2D eigenvalue weighted by Crippen LogP contribution is 2.20. The molecule has 0 fully saturated rings. The maximum Gasteiger partial charge on any atom is 0.230 e. The Morgan fingerprint density at radius 2 is 2.05 bits per heavy atom. The number of nitrogen functional groups attached to an aromatic ring is 1. The van der Waals surface area contributed by atoms with E-state index in [2.05, 4.69) is 29.4 Å². The molecule has 6 nitrogen and oxygen atoms in total. The second-order valence-electron chi connectivity index (χ2n) is 5.03. The van der Waals surface area contributed by atoms with Gasteiger partial charge in [0.25, 0.3) is 0 Å². The van der Waals surface area contributed by atoms with Crippen molar-refractivity contribution in [1.29, 1.82) is 0 Å². The van der Waals surface area contributed by atoms with Crippen molar-refractivity contribution < 1.29 is 4.79 Å². The van der Waals surface area contributed by atoms with Crippen LogP contribution < -0.4 is 11.2 Å². The van der Waals surface area contributed by atoms with Crippen LogP contribution in [0.1, 0.15) is 13.8 Å². The van der Waals surface area contributed by atoms with E-state index in [1.165, 1.54) is 16.4 Å². The Hall–Kier alpha value is -2.02. The molecule has 0 radical (unpaired) electrons. The first kappa shape index (κ1) is 15.4. The summed E-state index contributed by atoms with van der Waals surface area (Å²) in [5.41, 5.74) is 0.892. The quantitative estimate of drug-likeness (QED) is 0.624. The number of nitrogens with two attached hydrogens (primary N) is 1. The Morgan fingerprint density at radius 1 is 1.33 bits per heavy atom. The summed E-state index contributed by atoms with van der Waals surface area (Å²) in [5.74, 6) is 7.24. The third kappa shape index (κ3) is 4.22. The molecular weight excluding hydrogens is 286 g/mol. The van der Waals surface area contributed by atoms with Gasteiger partial charge < -0.3 is 11.2 Å². The fourth-order valence-electron chi connectivity index (χ4n) is 1.66. The first-order valence-electron chi connectivity index (χ1n) is 6.73. The monoisotopic (exact) mass is 305 g/mol. The average molecular weight is 305 g/mol. The molecule has 1 heterocycles. The maximum atomic E-state index is 11.7. The molecule has 112 valence electrons. The summed E-state index contributed by atoms with van der Waals surface area (Å²) in [5, 5.41) is 11.5. The molecule has 1 aromatic carbocycles. The Balaban J connectivity index is 1.97. The minimum absolute atomic E-state index is 0.0297. The molecule has 0 aliphatic rings. The number of rotatable bonds is 6. The number of aromatic nitrogens is 3. The van der Waals surface area contributed by atoms with Gasteiger partial charge in [0, 0.05) is 12.1 Å². The molecule has 0 spiro atoms. The van der Waals surface area contributed by atoms with Gasteiger partial charge in [0.05, 0.1) is 5.75 Å². The molecular formula is C14H19N5OS. The molecule has 2 aromatic rings. The lowest BCUT2D eigenvalue weighted by molar-refractivity contribution is -0.118. The first-order valence-corrected chi connectivity index (χ1v) is 7.72. The van der Waals surface area contributed by atoms with Crippen molar-refractivity contribution in [3.8, 4) is 11.4 Å². The van der Waals surface area contributed by atoms with Crippen LogP contribution >= 0.6 is 11.8 Å². The summed E-state index contributed by atoms with van der Waals surface area (Å²) in [6.45, 7) is 4.77. The lowest BCUT2D eigenvalue weighted by Gasteiger charge is -2.07.